The maximum Gasteiger partial charge on any atom is 0.252 e. The molecule has 3 nitrogen and oxygen atoms in total. The van der Waals surface area contributed by atoms with E-state index in [-0.39, 0.29) is 12.0 Å². The Morgan fingerprint density at radius 2 is 2.56 bits per heavy atom. The van der Waals surface area contributed by atoms with Crippen LogP contribution in [0.3, 0.4) is 0 Å². The number of aryl methyl sites for hydroxylation is 1. The number of thiophene rings is 1. The van der Waals surface area contributed by atoms with E-state index in [1.54, 1.807) is 11.3 Å². The molecular formula is C12H17NO2S. The van der Waals surface area contributed by atoms with Crippen LogP contribution in [0.15, 0.2) is 11.4 Å². The Morgan fingerprint density at radius 3 is 3.19 bits per heavy atom. The quantitative estimate of drug-likeness (QED) is 0.875. The molecule has 1 atom stereocenters. The molecule has 1 saturated heterocycles. The van der Waals surface area contributed by atoms with Gasteiger partial charge in [-0.3, -0.25) is 4.79 Å². The lowest BCUT2D eigenvalue weighted by atomic mass is 10.2. The molecule has 0 bridgehead atoms. The van der Waals surface area contributed by atoms with E-state index in [4.69, 9.17) is 4.74 Å². The fourth-order valence-electron chi connectivity index (χ4n) is 1.80. The van der Waals surface area contributed by atoms with Crippen molar-refractivity contribution in [1.82, 2.24) is 5.32 Å². The van der Waals surface area contributed by atoms with Crippen molar-refractivity contribution in [3.8, 4) is 0 Å². The first-order valence-electron chi connectivity index (χ1n) is 5.77. The molecule has 1 aromatic heterocycles. The van der Waals surface area contributed by atoms with Crippen molar-refractivity contribution in [3.63, 3.8) is 0 Å². The van der Waals surface area contributed by atoms with Crippen LogP contribution in [0.2, 0.25) is 0 Å². The van der Waals surface area contributed by atoms with E-state index >= 15 is 0 Å². The van der Waals surface area contributed by atoms with E-state index in [1.165, 1.54) is 4.88 Å². The van der Waals surface area contributed by atoms with Crippen molar-refractivity contribution >= 4 is 17.2 Å². The third-order valence-corrected chi connectivity index (χ3v) is 3.86. The van der Waals surface area contributed by atoms with Crippen molar-refractivity contribution in [3.05, 3.63) is 21.9 Å². The van der Waals surface area contributed by atoms with Crippen LogP contribution >= 0.6 is 11.3 Å². The summed E-state index contributed by atoms with van der Waals surface area (Å²) >= 11 is 1.64. The SMILES string of the molecule is CCc1cc(C(=O)NC[C@H]2CCCO2)cs1. The predicted molar refractivity (Wildman–Crippen MR) is 65.0 cm³/mol. The molecule has 2 heterocycles. The van der Waals surface area contributed by atoms with Gasteiger partial charge in [0.05, 0.1) is 11.7 Å². The zero-order valence-corrected chi connectivity index (χ0v) is 10.3. The topological polar surface area (TPSA) is 38.3 Å². The minimum atomic E-state index is 0.0199. The highest BCUT2D eigenvalue weighted by Crippen LogP contribution is 2.15. The molecule has 1 amide bonds. The lowest BCUT2D eigenvalue weighted by Crippen LogP contribution is -2.31. The van der Waals surface area contributed by atoms with Gasteiger partial charge >= 0.3 is 0 Å². The molecular weight excluding hydrogens is 222 g/mol. The molecule has 1 N–H and O–H groups in total. The minimum absolute atomic E-state index is 0.0199. The number of rotatable bonds is 4. The lowest BCUT2D eigenvalue weighted by Gasteiger charge is -2.09. The second-order valence-electron chi connectivity index (χ2n) is 4.00. The second-order valence-corrected chi connectivity index (χ2v) is 5.00. The molecule has 1 fully saturated rings. The molecule has 0 spiro atoms. The monoisotopic (exact) mass is 239 g/mol. The third kappa shape index (κ3) is 2.83. The van der Waals surface area contributed by atoms with E-state index in [9.17, 15) is 4.79 Å². The van der Waals surface area contributed by atoms with E-state index in [2.05, 4.69) is 12.2 Å². The van der Waals surface area contributed by atoms with Crippen LogP contribution < -0.4 is 5.32 Å². The van der Waals surface area contributed by atoms with Crippen molar-refractivity contribution < 1.29 is 9.53 Å². The van der Waals surface area contributed by atoms with Gasteiger partial charge in [-0.05, 0) is 25.3 Å². The molecule has 0 unspecified atom stereocenters. The van der Waals surface area contributed by atoms with Crippen molar-refractivity contribution in [2.75, 3.05) is 13.2 Å². The van der Waals surface area contributed by atoms with Crippen LogP contribution in [-0.4, -0.2) is 25.2 Å². The molecule has 0 aromatic carbocycles. The van der Waals surface area contributed by atoms with Crippen LogP contribution in [-0.2, 0) is 11.2 Å². The van der Waals surface area contributed by atoms with E-state index in [1.807, 2.05) is 11.4 Å². The molecule has 0 aliphatic carbocycles. The van der Waals surface area contributed by atoms with Crippen LogP contribution in [0.25, 0.3) is 0 Å². The average Bonchev–Trinajstić information content (AvgIpc) is 2.96. The summed E-state index contributed by atoms with van der Waals surface area (Å²) < 4.78 is 5.45. The summed E-state index contributed by atoms with van der Waals surface area (Å²) in [5, 5.41) is 4.84. The molecule has 16 heavy (non-hydrogen) atoms. The average molecular weight is 239 g/mol. The van der Waals surface area contributed by atoms with Gasteiger partial charge in [-0.15, -0.1) is 11.3 Å². The predicted octanol–water partition coefficient (Wildman–Crippen LogP) is 2.22. The first-order valence-corrected chi connectivity index (χ1v) is 6.64. The Balaban J connectivity index is 1.82. The van der Waals surface area contributed by atoms with Crippen LogP contribution in [0.5, 0.6) is 0 Å². The minimum Gasteiger partial charge on any atom is -0.376 e. The van der Waals surface area contributed by atoms with Crippen LogP contribution in [0.1, 0.15) is 35.0 Å². The van der Waals surface area contributed by atoms with Gasteiger partial charge in [-0.25, -0.2) is 0 Å². The van der Waals surface area contributed by atoms with Crippen LogP contribution in [0, 0.1) is 0 Å². The van der Waals surface area contributed by atoms with Gasteiger partial charge in [0.1, 0.15) is 0 Å². The van der Waals surface area contributed by atoms with Crippen molar-refractivity contribution in [2.24, 2.45) is 0 Å². The number of carbonyl (C=O) groups is 1. The Labute approximate surface area is 99.8 Å². The standard InChI is InChI=1S/C12H17NO2S/c1-2-11-6-9(8-16-11)12(14)13-7-10-4-3-5-15-10/h6,8,10H,2-5,7H2,1H3,(H,13,14)/t10-/m1/s1. The zero-order chi connectivity index (χ0) is 11.4. The number of carbonyl (C=O) groups excluding carboxylic acids is 1. The number of hydrogen-bond acceptors (Lipinski definition) is 3. The highest BCUT2D eigenvalue weighted by molar-refractivity contribution is 7.10. The van der Waals surface area contributed by atoms with Gasteiger partial charge in [-0.1, -0.05) is 6.92 Å². The fourth-order valence-corrected chi connectivity index (χ4v) is 2.61. The molecule has 0 radical (unpaired) electrons. The molecule has 2 rings (SSSR count). The maximum absolute atomic E-state index is 11.8. The fraction of sp³-hybridized carbons (Fsp3) is 0.583. The summed E-state index contributed by atoms with van der Waals surface area (Å²) in [7, 11) is 0. The van der Waals surface area contributed by atoms with Crippen molar-refractivity contribution in [2.45, 2.75) is 32.3 Å². The molecule has 4 heteroatoms. The maximum atomic E-state index is 11.8. The Bertz CT molecular complexity index is 356. The summed E-state index contributed by atoms with van der Waals surface area (Å²) in [5.74, 6) is 0.0199. The third-order valence-electron chi connectivity index (χ3n) is 2.78. The summed E-state index contributed by atoms with van der Waals surface area (Å²) in [4.78, 5) is 13.0. The normalized spacial score (nSPS) is 19.9. The summed E-state index contributed by atoms with van der Waals surface area (Å²) in [6.07, 6.45) is 3.38. The van der Waals surface area contributed by atoms with Gasteiger partial charge in [0.15, 0.2) is 0 Å². The molecule has 1 aliphatic rings. The molecule has 88 valence electrons. The summed E-state index contributed by atoms with van der Waals surface area (Å²) in [5.41, 5.74) is 0.778. The van der Waals surface area contributed by atoms with Crippen LogP contribution in [0.4, 0.5) is 0 Å². The molecule has 1 aromatic rings. The lowest BCUT2D eigenvalue weighted by molar-refractivity contribution is 0.0858. The van der Waals surface area contributed by atoms with Gasteiger partial charge in [-0.2, -0.15) is 0 Å². The van der Waals surface area contributed by atoms with Gasteiger partial charge in [0.25, 0.3) is 5.91 Å². The first-order chi connectivity index (χ1) is 7.79. The Hall–Kier alpha value is -0.870. The largest absolute Gasteiger partial charge is 0.376 e. The number of ether oxygens (including phenoxy) is 1. The summed E-state index contributed by atoms with van der Waals surface area (Å²) in [6, 6.07) is 1.97. The number of amides is 1. The molecule has 1 aliphatic heterocycles. The number of nitrogens with one attached hydrogen (secondary N) is 1. The number of hydrogen-bond donors (Lipinski definition) is 1. The van der Waals surface area contributed by atoms with E-state index in [0.717, 1.165) is 31.4 Å². The van der Waals surface area contributed by atoms with E-state index in [0.29, 0.717) is 6.54 Å². The Morgan fingerprint density at radius 1 is 1.69 bits per heavy atom. The second kappa shape index (κ2) is 5.46. The highest BCUT2D eigenvalue weighted by Gasteiger charge is 2.16. The van der Waals surface area contributed by atoms with Gasteiger partial charge in [0.2, 0.25) is 0 Å². The first kappa shape index (κ1) is 11.6. The molecule has 0 saturated carbocycles. The van der Waals surface area contributed by atoms with E-state index < -0.39 is 0 Å². The van der Waals surface area contributed by atoms with Gasteiger partial charge < -0.3 is 10.1 Å². The highest BCUT2D eigenvalue weighted by atomic mass is 32.1. The summed E-state index contributed by atoms with van der Waals surface area (Å²) in [6.45, 7) is 3.56. The van der Waals surface area contributed by atoms with Gasteiger partial charge in [0, 0.05) is 23.4 Å². The smallest absolute Gasteiger partial charge is 0.252 e. The zero-order valence-electron chi connectivity index (χ0n) is 9.49. The van der Waals surface area contributed by atoms with Crippen molar-refractivity contribution in [1.29, 1.82) is 0 Å². The Kier molecular flexibility index (Phi) is 3.96.